The van der Waals surface area contributed by atoms with Gasteiger partial charge in [-0.05, 0) is 48.7 Å². The topological polar surface area (TPSA) is 114 Å². The van der Waals surface area contributed by atoms with Crippen molar-refractivity contribution in [2.45, 2.75) is 26.1 Å². The predicted molar refractivity (Wildman–Crippen MR) is 112 cm³/mol. The van der Waals surface area contributed by atoms with E-state index in [4.69, 9.17) is 19.4 Å². The van der Waals surface area contributed by atoms with E-state index in [9.17, 15) is 18.0 Å². The molecule has 0 saturated heterocycles. The number of aromatic nitrogens is 2. The number of ether oxygens (including phenoxy) is 2. The monoisotopic (exact) mass is 463 g/mol. The van der Waals surface area contributed by atoms with E-state index in [0.29, 0.717) is 11.5 Å². The van der Waals surface area contributed by atoms with Gasteiger partial charge in [0.1, 0.15) is 6.61 Å². The molecule has 8 nitrogen and oxygen atoms in total. The molecule has 0 aliphatic carbocycles. The molecule has 0 radical (unpaired) electrons. The number of halogens is 3. The zero-order valence-corrected chi connectivity index (χ0v) is 17.6. The number of nitrogens with zero attached hydrogens (tertiary/aromatic N) is 1. The van der Waals surface area contributed by atoms with Gasteiger partial charge in [-0.3, -0.25) is 9.89 Å². The lowest BCUT2D eigenvalue weighted by Gasteiger charge is -2.26. The number of anilines is 1. The maximum atomic E-state index is 12.6. The predicted octanol–water partition coefficient (Wildman–Crippen LogP) is 4.11. The summed E-state index contributed by atoms with van der Waals surface area (Å²) < 4.78 is 43.1. The normalized spacial score (nSPS) is 14.6. The quantitative estimate of drug-likeness (QED) is 0.539. The summed E-state index contributed by atoms with van der Waals surface area (Å²) in [6.45, 7) is 4.21. The van der Waals surface area contributed by atoms with E-state index in [2.05, 4.69) is 15.5 Å². The van der Waals surface area contributed by atoms with E-state index in [1.165, 1.54) is 0 Å². The van der Waals surface area contributed by atoms with E-state index in [1.807, 2.05) is 50.4 Å². The van der Waals surface area contributed by atoms with Gasteiger partial charge in [0.05, 0.1) is 6.20 Å². The molecule has 0 spiro atoms. The number of para-hydroxylation sites is 2. The maximum absolute atomic E-state index is 12.6. The van der Waals surface area contributed by atoms with Crippen LogP contribution >= 0.6 is 0 Å². The van der Waals surface area contributed by atoms with Crippen molar-refractivity contribution < 1.29 is 37.3 Å². The van der Waals surface area contributed by atoms with Crippen LogP contribution in [0.25, 0.3) is 11.1 Å². The van der Waals surface area contributed by atoms with Gasteiger partial charge in [-0.1, -0.05) is 18.2 Å². The zero-order chi connectivity index (χ0) is 24.2. The minimum absolute atomic E-state index is 0.188. The lowest BCUT2D eigenvalue weighted by Crippen LogP contribution is -2.40. The van der Waals surface area contributed by atoms with E-state index in [1.54, 1.807) is 12.3 Å². The molecule has 2 aromatic carbocycles. The first-order chi connectivity index (χ1) is 15.6. The van der Waals surface area contributed by atoms with Crippen LogP contribution < -0.4 is 14.8 Å². The first kappa shape index (κ1) is 23.6. The maximum Gasteiger partial charge on any atom is 0.490 e. The van der Waals surface area contributed by atoms with Crippen molar-refractivity contribution in [2.24, 2.45) is 0 Å². The van der Waals surface area contributed by atoms with E-state index < -0.39 is 18.2 Å². The summed E-state index contributed by atoms with van der Waals surface area (Å²) in [6.07, 6.45) is -2.13. The summed E-state index contributed by atoms with van der Waals surface area (Å²) in [6, 6.07) is 11.2. The highest BCUT2D eigenvalue weighted by Crippen LogP contribution is 2.32. The third-order valence-corrected chi connectivity index (χ3v) is 4.90. The number of carbonyl (C=O) groups excluding carboxylic acids is 1. The number of nitrogens with one attached hydrogen (secondary N) is 2. The fraction of sp³-hybridized carbons (Fsp3) is 0.227. The molecule has 1 aromatic heterocycles. The molecule has 33 heavy (non-hydrogen) atoms. The number of amides is 1. The molecule has 0 fully saturated rings. The molecule has 11 heteroatoms. The molecule has 174 valence electrons. The summed E-state index contributed by atoms with van der Waals surface area (Å²) in [4.78, 5) is 21.5. The molecule has 1 aliphatic heterocycles. The lowest BCUT2D eigenvalue weighted by molar-refractivity contribution is -0.192. The van der Waals surface area contributed by atoms with Gasteiger partial charge in [0.15, 0.2) is 11.5 Å². The average Bonchev–Trinajstić information content (AvgIpc) is 3.31. The standard InChI is InChI=1S/C20H19N3O3.C2HF3O2/c1-12-13(2)16(8-7-15(12)14-9-21-22-10-14)23-20(24)19-11-25-17-5-3-4-6-18(17)26-19;3-2(4,5)1(6)7/h3-10,19H,11H2,1-2H3,(H,21,22)(H,23,24);(H,6,7). The minimum atomic E-state index is -5.08. The van der Waals surface area contributed by atoms with Gasteiger partial charge in [0.2, 0.25) is 6.10 Å². The number of hydrogen-bond donors (Lipinski definition) is 3. The average molecular weight is 463 g/mol. The largest absolute Gasteiger partial charge is 0.490 e. The lowest BCUT2D eigenvalue weighted by atomic mass is 9.97. The molecular formula is C22H20F3N3O5. The number of alkyl halides is 3. The molecular weight excluding hydrogens is 443 g/mol. The van der Waals surface area contributed by atoms with Crippen LogP contribution in [0.4, 0.5) is 18.9 Å². The summed E-state index contributed by atoms with van der Waals surface area (Å²) in [7, 11) is 0. The second-order valence-electron chi connectivity index (χ2n) is 7.05. The van der Waals surface area contributed by atoms with Crippen LogP contribution in [-0.2, 0) is 9.59 Å². The summed E-state index contributed by atoms with van der Waals surface area (Å²) >= 11 is 0. The smallest absolute Gasteiger partial charge is 0.485 e. The van der Waals surface area contributed by atoms with Crippen LogP contribution in [0.1, 0.15) is 11.1 Å². The van der Waals surface area contributed by atoms with Crippen LogP contribution in [0.15, 0.2) is 48.8 Å². The molecule has 1 amide bonds. The highest BCUT2D eigenvalue weighted by Gasteiger charge is 2.38. The van der Waals surface area contributed by atoms with E-state index in [0.717, 1.165) is 27.9 Å². The number of rotatable bonds is 3. The van der Waals surface area contributed by atoms with Gasteiger partial charge < -0.3 is 19.9 Å². The third-order valence-electron chi connectivity index (χ3n) is 4.90. The first-order valence-corrected chi connectivity index (χ1v) is 9.66. The van der Waals surface area contributed by atoms with E-state index in [-0.39, 0.29) is 12.5 Å². The Kier molecular flexibility index (Phi) is 6.90. The molecule has 1 unspecified atom stereocenters. The van der Waals surface area contributed by atoms with E-state index >= 15 is 0 Å². The Morgan fingerprint density at radius 1 is 1.12 bits per heavy atom. The summed E-state index contributed by atoms with van der Waals surface area (Å²) in [5.74, 6) is -1.74. The van der Waals surface area contributed by atoms with Crippen molar-refractivity contribution in [3.63, 3.8) is 0 Å². The second kappa shape index (κ2) is 9.63. The molecule has 2 heterocycles. The fourth-order valence-electron chi connectivity index (χ4n) is 3.03. The van der Waals surface area contributed by atoms with Crippen molar-refractivity contribution in [1.29, 1.82) is 0 Å². The van der Waals surface area contributed by atoms with Crippen molar-refractivity contribution in [2.75, 3.05) is 11.9 Å². The van der Waals surface area contributed by atoms with Crippen LogP contribution in [-0.4, -0.2) is 46.1 Å². The second-order valence-corrected chi connectivity index (χ2v) is 7.05. The van der Waals surface area contributed by atoms with Crippen molar-refractivity contribution in [3.05, 3.63) is 59.9 Å². The molecule has 0 saturated carbocycles. The van der Waals surface area contributed by atoms with Gasteiger partial charge in [0, 0.05) is 17.4 Å². The SMILES string of the molecule is Cc1c(NC(=O)C2COc3ccccc3O2)ccc(-c2cn[nH]c2)c1C.O=C(O)C(F)(F)F. The Bertz CT molecular complexity index is 1150. The van der Waals surface area contributed by atoms with Crippen LogP contribution in [0.3, 0.4) is 0 Å². The molecule has 3 N–H and O–H groups in total. The molecule has 3 aromatic rings. The Balaban J connectivity index is 0.000000383. The molecule has 4 rings (SSSR count). The van der Waals surface area contributed by atoms with Crippen molar-refractivity contribution >= 4 is 17.6 Å². The van der Waals surface area contributed by atoms with Gasteiger partial charge in [0.25, 0.3) is 5.91 Å². The number of carboxylic acid groups (broad SMARTS) is 1. The van der Waals surface area contributed by atoms with Gasteiger partial charge in [-0.2, -0.15) is 18.3 Å². The van der Waals surface area contributed by atoms with Crippen molar-refractivity contribution in [1.82, 2.24) is 10.2 Å². The van der Waals surface area contributed by atoms with Gasteiger partial charge >= 0.3 is 12.1 Å². The third kappa shape index (κ3) is 5.62. The molecule has 1 aliphatic rings. The molecule has 1 atom stereocenters. The Labute approximate surface area is 186 Å². The number of aliphatic carboxylic acids is 1. The van der Waals surface area contributed by atoms with Gasteiger partial charge in [-0.15, -0.1) is 0 Å². The van der Waals surface area contributed by atoms with Gasteiger partial charge in [-0.25, -0.2) is 4.79 Å². The Morgan fingerprint density at radius 3 is 2.39 bits per heavy atom. The van der Waals surface area contributed by atoms with Crippen LogP contribution in [0.5, 0.6) is 11.5 Å². The summed E-state index contributed by atoms with van der Waals surface area (Å²) in [5, 5.41) is 16.9. The van der Waals surface area contributed by atoms with Crippen LogP contribution in [0.2, 0.25) is 0 Å². The molecule has 0 bridgehead atoms. The first-order valence-electron chi connectivity index (χ1n) is 9.66. The number of carbonyl (C=O) groups is 2. The highest BCUT2D eigenvalue weighted by molar-refractivity contribution is 5.96. The van der Waals surface area contributed by atoms with Crippen molar-refractivity contribution in [3.8, 4) is 22.6 Å². The Hall–Kier alpha value is -4.02. The number of fused-ring (bicyclic) bond motifs is 1. The number of carboxylic acids is 1. The number of H-pyrrole nitrogens is 1. The number of benzene rings is 2. The Morgan fingerprint density at radius 2 is 1.79 bits per heavy atom. The zero-order valence-electron chi connectivity index (χ0n) is 17.6. The highest BCUT2D eigenvalue weighted by atomic mass is 19.4. The summed E-state index contributed by atoms with van der Waals surface area (Å²) in [5.41, 5.74) is 4.97. The number of hydrogen-bond acceptors (Lipinski definition) is 5. The number of aromatic amines is 1. The minimum Gasteiger partial charge on any atom is -0.485 e. The van der Waals surface area contributed by atoms with Crippen LogP contribution in [0, 0.1) is 13.8 Å². The fourth-order valence-corrected chi connectivity index (χ4v) is 3.03.